The molecule has 0 unspecified atom stereocenters. The zero-order valence-electron chi connectivity index (χ0n) is 42.9. The largest absolute Gasteiger partial charge is 0.135 e. The van der Waals surface area contributed by atoms with Gasteiger partial charge in [-0.1, -0.05) is 182 Å². The summed E-state index contributed by atoms with van der Waals surface area (Å²) < 4.78 is 5.25. The topological polar surface area (TPSA) is 0 Å². The number of hydrogen-bond acceptors (Lipinski definition) is 2. The van der Waals surface area contributed by atoms with E-state index in [4.69, 9.17) is 0 Å². The standard InChI is InChI=1S/C77H46S2/c1-5-13-50-33-54(21-17-46(50)9-1)58-29-31-74-70(38-58)72-44-64(56-23-19-48-11-3-7-15-52(48)35-56)42-68(76(72)78-74)62-27-25-60-37-61-26-28-63(41-67(61)66(60)40-62)69-43-65(57-24-20-49-12-4-8-16-53(49)36-57)45-73-71-39-59(30-32-75(71)79-77(69)73)55-22-18-47-10-2-6-14-51(47)34-55/h1-36,38-45H,37H2. The Morgan fingerprint density at radius 1 is 0.203 bits per heavy atom. The third-order valence-corrected chi connectivity index (χ3v) is 19.4. The summed E-state index contributed by atoms with van der Waals surface area (Å²) in [5.41, 5.74) is 20.3. The van der Waals surface area contributed by atoms with Crippen molar-refractivity contribution in [3.8, 4) is 77.9 Å². The maximum atomic E-state index is 2.50. The zero-order chi connectivity index (χ0) is 51.7. The predicted molar refractivity (Wildman–Crippen MR) is 343 cm³/mol. The average molecular weight is 1040 g/mol. The van der Waals surface area contributed by atoms with Crippen LogP contribution in [0.15, 0.2) is 267 Å². The van der Waals surface area contributed by atoms with E-state index in [1.807, 2.05) is 22.7 Å². The van der Waals surface area contributed by atoms with Gasteiger partial charge in [0.1, 0.15) is 0 Å². The van der Waals surface area contributed by atoms with E-state index < -0.39 is 0 Å². The van der Waals surface area contributed by atoms with Crippen LogP contribution in [-0.2, 0) is 6.42 Å². The molecule has 2 heterocycles. The minimum absolute atomic E-state index is 0.922. The van der Waals surface area contributed by atoms with Gasteiger partial charge in [0, 0.05) is 51.5 Å². The Hall–Kier alpha value is -9.44. The van der Waals surface area contributed by atoms with E-state index >= 15 is 0 Å². The summed E-state index contributed by atoms with van der Waals surface area (Å²) in [4.78, 5) is 0. The number of rotatable bonds is 6. The fraction of sp³-hybridized carbons (Fsp3) is 0.0130. The highest BCUT2D eigenvalue weighted by molar-refractivity contribution is 7.26. The lowest BCUT2D eigenvalue weighted by Crippen LogP contribution is -1.87. The van der Waals surface area contributed by atoms with Crippen molar-refractivity contribution in [3.05, 3.63) is 278 Å². The second kappa shape index (κ2) is 17.5. The van der Waals surface area contributed by atoms with E-state index in [9.17, 15) is 0 Å². The van der Waals surface area contributed by atoms with E-state index in [0.717, 1.165) is 6.42 Å². The van der Waals surface area contributed by atoms with Gasteiger partial charge in [-0.2, -0.15) is 0 Å². The summed E-state index contributed by atoms with van der Waals surface area (Å²) >= 11 is 3.84. The van der Waals surface area contributed by atoms with Crippen LogP contribution in [-0.4, -0.2) is 0 Å². The van der Waals surface area contributed by atoms with E-state index in [1.165, 1.54) is 172 Å². The first-order chi connectivity index (χ1) is 39.0. The van der Waals surface area contributed by atoms with Crippen LogP contribution in [0.4, 0.5) is 0 Å². The fourth-order valence-corrected chi connectivity index (χ4v) is 15.3. The molecule has 17 rings (SSSR count). The maximum absolute atomic E-state index is 2.50. The molecule has 0 N–H and O–H groups in total. The smallest absolute Gasteiger partial charge is 0.0434 e. The van der Waals surface area contributed by atoms with Crippen molar-refractivity contribution in [2.45, 2.75) is 6.42 Å². The molecular formula is C77H46S2. The molecule has 0 atom stereocenters. The summed E-state index contributed by atoms with van der Waals surface area (Å²) in [6.07, 6.45) is 0.922. The molecule has 2 aromatic heterocycles. The predicted octanol–water partition coefficient (Wildman–Crippen LogP) is 22.6. The van der Waals surface area contributed by atoms with Gasteiger partial charge in [-0.3, -0.25) is 0 Å². The lowest BCUT2D eigenvalue weighted by molar-refractivity contribution is 1.26. The van der Waals surface area contributed by atoms with Crippen molar-refractivity contribution in [2.75, 3.05) is 0 Å². The van der Waals surface area contributed by atoms with Crippen molar-refractivity contribution in [2.24, 2.45) is 0 Å². The third-order valence-electron chi connectivity index (χ3n) is 17.0. The van der Waals surface area contributed by atoms with Gasteiger partial charge < -0.3 is 0 Å². The van der Waals surface area contributed by atoms with Crippen LogP contribution in [0.5, 0.6) is 0 Å². The second-order valence-corrected chi connectivity index (χ2v) is 23.7. The normalized spacial score (nSPS) is 12.3. The third kappa shape index (κ3) is 7.40. The Morgan fingerprint density at radius 2 is 0.494 bits per heavy atom. The van der Waals surface area contributed by atoms with Crippen LogP contribution in [0.3, 0.4) is 0 Å². The Bertz CT molecular complexity index is 4910. The molecule has 79 heavy (non-hydrogen) atoms. The maximum Gasteiger partial charge on any atom is 0.0434 e. The van der Waals surface area contributed by atoms with Gasteiger partial charge in [-0.25, -0.2) is 0 Å². The lowest BCUT2D eigenvalue weighted by atomic mass is 9.91. The first-order valence-electron chi connectivity index (χ1n) is 27.3. The molecule has 14 aromatic carbocycles. The van der Waals surface area contributed by atoms with Crippen LogP contribution in [0.2, 0.25) is 0 Å². The number of benzene rings is 14. The molecule has 0 fully saturated rings. The zero-order valence-corrected chi connectivity index (χ0v) is 44.6. The van der Waals surface area contributed by atoms with Crippen molar-refractivity contribution < 1.29 is 0 Å². The highest BCUT2D eigenvalue weighted by Crippen LogP contribution is 2.49. The SMILES string of the molecule is c1ccc2cc(-c3ccc4sc5c(-c6ccc7c(c6)-c6cc(-c8cc(-c9ccc%10ccccc%10c9)cc9c8sc8ccc(-c%10ccc%11ccccc%11c%10)cc89)ccc6C7)cc(-c6ccc7ccccc7c6)cc5c4c3)ccc2c1. The summed E-state index contributed by atoms with van der Waals surface area (Å²) in [6, 6.07) is 101. The monoisotopic (exact) mass is 1030 g/mol. The fourth-order valence-electron chi connectivity index (χ4n) is 12.9. The summed E-state index contributed by atoms with van der Waals surface area (Å²) in [6.45, 7) is 0. The van der Waals surface area contributed by atoms with E-state index in [2.05, 4.69) is 267 Å². The van der Waals surface area contributed by atoms with Gasteiger partial charge >= 0.3 is 0 Å². The van der Waals surface area contributed by atoms with Crippen LogP contribution in [0.25, 0.3) is 161 Å². The quantitative estimate of drug-likeness (QED) is 0.156. The first-order valence-corrected chi connectivity index (χ1v) is 28.9. The first kappa shape index (κ1) is 44.7. The molecule has 0 radical (unpaired) electrons. The van der Waals surface area contributed by atoms with Crippen molar-refractivity contribution in [3.63, 3.8) is 0 Å². The number of hydrogen-bond donors (Lipinski definition) is 0. The molecule has 2 heteroatoms. The molecule has 0 saturated heterocycles. The molecule has 1 aliphatic rings. The van der Waals surface area contributed by atoms with Crippen molar-refractivity contribution in [1.29, 1.82) is 0 Å². The van der Waals surface area contributed by atoms with Crippen LogP contribution in [0.1, 0.15) is 11.1 Å². The van der Waals surface area contributed by atoms with E-state index in [-0.39, 0.29) is 0 Å². The molecule has 0 aliphatic heterocycles. The summed E-state index contributed by atoms with van der Waals surface area (Å²) in [7, 11) is 0. The number of thiophene rings is 2. The minimum atomic E-state index is 0.922. The van der Waals surface area contributed by atoms with Gasteiger partial charge in [0.15, 0.2) is 0 Å². The highest BCUT2D eigenvalue weighted by atomic mass is 32.1. The van der Waals surface area contributed by atoms with Crippen LogP contribution in [0, 0.1) is 0 Å². The van der Waals surface area contributed by atoms with Gasteiger partial charge in [0.2, 0.25) is 0 Å². The highest BCUT2D eigenvalue weighted by Gasteiger charge is 2.24. The van der Waals surface area contributed by atoms with Crippen LogP contribution < -0.4 is 0 Å². The molecule has 0 saturated carbocycles. The van der Waals surface area contributed by atoms with E-state index in [1.54, 1.807) is 0 Å². The van der Waals surface area contributed by atoms with Gasteiger partial charge in [-0.05, 0) is 212 Å². The van der Waals surface area contributed by atoms with Gasteiger partial charge in [-0.15, -0.1) is 22.7 Å². The van der Waals surface area contributed by atoms with Crippen molar-refractivity contribution in [1.82, 2.24) is 0 Å². The Morgan fingerprint density at radius 3 is 0.873 bits per heavy atom. The van der Waals surface area contributed by atoms with Gasteiger partial charge in [0.05, 0.1) is 0 Å². The molecule has 0 amide bonds. The molecule has 1 aliphatic carbocycles. The minimum Gasteiger partial charge on any atom is -0.135 e. The molecule has 366 valence electrons. The number of fused-ring (bicyclic) bond motifs is 13. The van der Waals surface area contributed by atoms with Gasteiger partial charge in [0.25, 0.3) is 0 Å². The lowest BCUT2D eigenvalue weighted by Gasteiger charge is -2.13. The average Bonchev–Trinajstić information content (AvgIpc) is 4.35. The van der Waals surface area contributed by atoms with Crippen molar-refractivity contribution >= 4 is 106 Å². The molecule has 16 aromatic rings. The summed E-state index contributed by atoms with van der Waals surface area (Å²) in [5.74, 6) is 0. The summed E-state index contributed by atoms with van der Waals surface area (Å²) in [5, 5.41) is 15.3. The molecule has 0 bridgehead atoms. The van der Waals surface area contributed by atoms with E-state index in [0.29, 0.717) is 0 Å². The Balaban J connectivity index is 0.827. The van der Waals surface area contributed by atoms with Crippen LogP contribution >= 0.6 is 22.7 Å². The molecule has 0 spiro atoms. The molecular weight excluding hydrogens is 989 g/mol. The molecule has 0 nitrogen and oxygen atoms in total. The Labute approximate surface area is 465 Å². The second-order valence-electron chi connectivity index (χ2n) is 21.6. The Kier molecular flexibility index (Phi) is 9.92.